The summed E-state index contributed by atoms with van der Waals surface area (Å²) in [4.78, 5) is 38.4. The molecule has 0 unspecified atom stereocenters. The summed E-state index contributed by atoms with van der Waals surface area (Å²) in [6, 6.07) is 5.58. The van der Waals surface area contributed by atoms with Gasteiger partial charge >= 0.3 is 12.2 Å². The van der Waals surface area contributed by atoms with Crippen molar-refractivity contribution in [3.8, 4) is 0 Å². The van der Waals surface area contributed by atoms with Crippen LogP contribution in [0.1, 0.15) is 18.1 Å². The molecular weight excluding hydrogens is 346 g/mol. The number of ether oxygens (including phenoxy) is 1. The first kappa shape index (κ1) is 18.8. The van der Waals surface area contributed by atoms with Crippen LogP contribution in [-0.2, 0) is 22.5 Å². The van der Waals surface area contributed by atoms with Gasteiger partial charge in [0.05, 0.1) is 12.4 Å². The number of aldehydes is 1. The van der Waals surface area contributed by atoms with E-state index >= 15 is 0 Å². The Bertz CT molecular complexity index is 692. The summed E-state index contributed by atoms with van der Waals surface area (Å²) in [5, 5.41) is 12.4. The van der Waals surface area contributed by atoms with Crippen LogP contribution >= 0.6 is 11.8 Å². The quantitative estimate of drug-likeness (QED) is 0.479. The molecule has 0 atom stereocenters. The fourth-order valence-corrected chi connectivity index (χ4v) is 2.92. The Morgan fingerprint density at radius 3 is 2.92 bits per heavy atom. The molecule has 0 aromatic heterocycles. The average molecular weight is 365 g/mol. The van der Waals surface area contributed by atoms with Crippen LogP contribution in [0.3, 0.4) is 0 Å². The molecule has 2 amide bonds. The topological polar surface area (TPSA) is 108 Å². The largest absolute Gasteiger partial charge is 0.465 e. The maximum atomic E-state index is 11.5. The van der Waals surface area contributed by atoms with Crippen LogP contribution in [0.25, 0.3) is 0 Å². The van der Waals surface area contributed by atoms with Gasteiger partial charge in [0.25, 0.3) is 0 Å². The van der Waals surface area contributed by atoms with Gasteiger partial charge in [0.2, 0.25) is 0 Å². The van der Waals surface area contributed by atoms with E-state index in [1.807, 2.05) is 18.2 Å². The first-order valence-corrected chi connectivity index (χ1v) is 8.70. The second-order valence-corrected chi connectivity index (χ2v) is 6.16. The van der Waals surface area contributed by atoms with Gasteiger partial charge in [-0.25, -0.2) is 9.59 Å². The summed E-state index contributed by atoms with van der Waals surface area (Å²) in [6.45, 7) is 2.67. The number of thioether (sulfide) groups is 1. The third-order valence-electron chi connectivity index (χ3n) is 3.49. The third kappa shape index (κ3) is 5.49. The number of rotatable bonds is 4. The zero-order valence-electron chi connectivity index (χ0n) is 13.7. The van der Waals surface area contributed by atoms with E-state index in [0.29, 0.717) is 31.5 Å². The molecule has 2 rings (SSSR count). The van der Waals surface area contributed by atoms with Crippen LogP contribution in [-0.4, -0.2) is 52.6 Å². The zero-order chi connectivity index (χ0) is 18.2. The van der Waals surface area contributed by atoms with Crippen molar-refractivity contribution >= 4 is 41.1 Å². The Morgan fingerprint density at radius 2 is 2.24 bits per heavy atom. The van der Waals surface area contributed by atoms with E-state index in [0.717, 1.165) is 22.9 Å². The second-order valence-electron chi connectivity index (χ2n) is 5.16. The molecule has 0 radical (unpaired) electrons. The maximum absolute atomic E-state index is 11.5. The summed E-state index contributed by atoms with van der Waals surface area (Å²) in [5.41, 5.74) is 2.65. The van der Waals surface area contributed by atoms with Gasteiger partial charge in [-0.05, 0) is 36.6 Å². The molecule has 0 fully saturated rings. The lowest BCUT2D eigenvalue weighted by molar-refractivity contribution is -0.105. The van der Waals surface area contributed by atoms with E-state index in [4.69, 9.17) is 9.84 Å². The minimum absolute atomic E-state index is 0.142. The number of aliphatic imine (C=N–C) groups is 1. The number of fused-ring (bicyclic) bond motifs is 1. The number of nitrogens with zero attached hydrogens (tertiary/aromatic N) is 2. The number of anilines is 1. The van der Waals surface area contributed by atoms with Crippen molar-refractivity contribution in [1.29, 1.82) is 0 Å². The number of nitrogens with one attached hydrogen (secondary N) is 1. The summed E-state index contributed by atoms with van der Waals surface area (Å²) in [7, 11) is 0. The highest BCUT2D eigenvalue weighted by molar-refractivity contribution is 8.14. The van der Waals surface area contributed by atoms with Gasteiger partial charge in [-0.2, -0.15) is 4.99 Å². The number of amides is 2. The SMILES string of the molecule is CCOC(=O)N=C(Nc1ccc2c(c1)CN(C(=O)O)CC2)SCC=O. The molecule has 0 saturated heterocycles. The first-order chi connectivity index (χ1) is 12.0. The van der Waals surface area contributed by atoms with E-state index in [-0.39, 0.29) is 17.5 Å². The lowest BCUT2D eigenvalue weighted by atomic mass is 9.99. The van der Waals surface area contributed by atoms with Crippen LogP contribution < -0.4 is 5.32 Å². The second kappa shape index (κ2) is 9.07. The first-order valence-electron chi connectivity index (χ1n) is 7.72. The minimum Gasteiger partial charge on any atom is -0.465 e. The van der Waals surface area contributed by atoms with Crippen molar-refractivity contribution in [2.45, 2.75) is 19.9 Å². The molecule has 25 heavy (non-hydrogen) atoms. The molecule has 0 aliphatic carbocycles. The molecule has 2 N–H and O–H groups in total. The Hall–Kier alpha value is -2.55. The van der Waals surface area contributed by atoms with Crippen molar-refractivity contribution in [3.63, 3.8) is 0 Å². The van der Waals surface area contributed by atoms with Crippen molar-refractivity contribution in [2.24, 2.45) is 4.99 Å². The van der Waals surface area contributed by atoms with E-state index < -0.39 is 12.2 Å². The maximum Gasteiger partial charge on any atom is 0.436 e. The Morgan fingerprint density at radius 1 is 1.44 bits per heavy atom. The summed E-state index contributed by atoms with van der Waals surface area (Å²) in [5.74, 6) is 0.142. The van der Waals surface area contributed by atoms with Crippen molar-refractivity contribution in [3.05, 3.63) is 29.3 Å². The van der Waals surface area contributed by atoms with Crippen LogP contribution in [0.4, 0.5) is 15.3 Å². The minimum atomic E-state index is -0.949. The number of carboxylic acid groups (broad SMARTS) is 1. The zero-order valence-corrected chi connectivity index (χ0v) is 14.5. The van der Waals surface area contributed by atoms with Crippen molar-refractivity contribution in [1.82, 2.24) is 4.90 Å². The highest BCUT2D eigenvalue weighted by Gasteiger charge is 2.20. The van der Waals surface area contributed by atoms with Gasteiger partial charge < -0.3 is 24.9 Å². The van der Waals surface area contributed by atoms with Crippen LogP contribution in [0, 0.1) is 0 Å². The number of amidine groups is 1. The molecule has 0 bridgehead atoms. The normalized spacial score (nSPS) is 13.8. The lowest BCUT2D eigenvalue weighted by Gasteiger charge is -2.26. The predicted molar refractivity (Wildman–Crippen MR) is 95.2 cm³/mol. The number of hydrogen-bond donors (Lipinski definition) is 2. The molecule has 1 heterocycles. The van der Waals surface area contributed by atoms with Crippen molar-refractivity contribution in [2.75, 3.05) is 24.2 Å². The van der Waals surface area contributed by atoms with Crippen LogP contribution in [0.5, 0.6) is 0 Å². The molecule has 1 aliphatic heterocycles. The molecule has 0 saturated carbocycles. The number of carbonyl (C=O) groups is 3. The summed E-state index contributed by atoms with van der Waals surface area (Å²) >= 11 is 1.08. The van der Waals surface area contributed by atoms with Crippen LogP contribution in [0.15, 0.2) is 23.2 Å². The Balaban J connectivity index is 2.16. The third-order valence-corrected chi connectivity index (χ3v) is 4.26. The molecule has 9 heteroatoms. The molecule has 8 nitrogen and oxygen atoms in total. The lowest BCUT2D eigenvalue weighted by Crippen LogP contribution is -2.34. The number of carbonyl (C=O) groups excluding carboxylic acids is 2. The fourth-order valence-electron chi connectivity index (χ4n) is 2.37. The highest BCUT2D eigenvalue weighted by Crippen LogP contribution is 2.23. The number of hydrogen-bond acceptors (Lipinski definition) is 5. The van der Waals surface area contributed by atoms with Gasteiger partial charge in [-0.1, -0.05) is 17.8 Å². The Labute approximate surface area is 149 Å². The average Bonchev–Trinajstić information content (AvgIpc) is 2.59. The summed E-state index contributed by atoms with van der Waals surface area (Å²) in [6.07, 6.45) is -0.315. The van der Waals surface area contributed by atoms with Gasteiger partial charge in [0, 0.05) is 18.8 Å². The smallest absolute Gasteiger partial charge is 0.436 e. The highest BCUT2D eigenvalue weighted by atomic mass is 32.2. The van der Waals surface area contributed by atoms with Gasteiger partial charge in [-0.3, -0.25) is 0 Å². The molecule has 1 aromatic carbocycles. The molecule has 134 valence electrons. The molecule has 1 aliphatic rings. The monoisotopic (exact) mass is 365 g/mol. The predicted octanol–water partition coefficient (Wildman–Crippen LogP) is 2.58. The van der Waals surface area contributed by atoms with Gasteiger partial charge in [0.1, 0.15) is 6.29 Å². The Kier molecular flexibility index (Phi) is 6.81. The van der Waals surface area contributed by atoms with Gasteiger partial charge in [0.15, 0.2) is 5.17 Å². The van der Waals surface area contributed by atoms with E-state index in [9.17, 15) is 14.4 Å². The van der Waals surface area contributed by atoms with Crippen molar-refractivity contribution < 1.29 is 24.2 Å². The fraction of sp³-hybridized carbons (Fsp3) is 0.375. The molecule has 0 spiro atoms. The van der Waals surface area contributed by atoms with Gasteiger partial charge in [-0.15, -0.1) is 0 Å². The molecule has 1 aromatic rings. The van der Waals surface area contributed by atoms with E-state index in [1.54, 1.807) is 6.92 Å². The van der Waals surface area contributed by atoms with E-state index in [1.165, 1.54) is 4.90 Å². The summed E-state index contributed by atoms with van der Waals surface area (Å²) < 4.78 is 4.78. The number of benzene rings is 1. The van der Waals surface area contributed by atoms with E-state index in [2.05, 4.69) is 10.3 Å². The standard InChI is InChI=1S/C16H19N3O5S/c1-2-24-15(21)18-14(25-8-7-20)17-13-4-3-11-5-6-19(16(22)23)10-12(11)9-13/h3-4,7,9H,2,5-6,8,10H2,1H3,(H,22,23)(H,17,18,21). The molecular formula is C16H19N3O5S. The van der Waals surface area contributed by atoms with Crippen LogP contribution in [0.2, 0.25) is 0 Å².